The Hall–Kier alpha value is -1.51. The summed E-state index contributed by atoms with van der Waals surface area (Å²) in [5.74, 6) is 2.47. The largest absolute Gasteiger partial charge is 0.454 e. The molecular formula is C19H28BrN3O4. The van der Waals surface area contributed by atoms with Gasteiger partial charge < -0.3 is 29.2 Å². The second kappa shape index (κ2) is 10.1. The van der Waals surface area contributed by atoms with E-state index in [1.54, 1.807) is 7.11 Å². The molecular weight excluding hydrogens is 414 g/mol. The van der Waals surface area contributed by atoms with Crippen LogP contribution < -0.4 is 14.8 Å². The van der Waals surface area contributed by atoms with Gasteiger partial charge in [-0.3, -0.25) is 4.99 Å². The van der Waals surface area contributed by atoms with Crippen LogP contribution in [0.5, 0.6) is 11.5 Å². The average Bonchev–Trinajstić information content (AvgIpc) is 3.16. The molecule has 2 heterocycles. The number of hydrogen-bond acceptors (Lipinski definition) is 5. The monoisotopic (exact) mass is 441 g/mol. The van der Waals surface area contributed by atoms with Crippen molar-refractivity contribution in [3.8, 4) is 11.5 Å². The third-order valence-corrected chi connectivity index (χ3v) is 5.33. The van der Waals surface area contributed by atoms with Crippen molar-refractivity contribution in [2.45, 2.75) is 31.9 Å². The zero-order valence-corrected chi connectivity index (χ0v) is 17.6. The molecule has 3 rings (SSSR count). The van der Waals surface area contributed by atoms with E-state index in [1.807, 2.05) is 19.2 Å². The Morgan fingerprint density at radius 2 is 2.11 bits per heavy atom. The van der Waals surface area contributed by atoms with E-state index in [4.69, 9.17) is 18.9 Å². The summed E-state index contributed by atoms with van der Waals surface area (Å²) in [5, 5.41) is 3.45. The first-order valence-corrected chi connectivity index (χ1v) is 10.1. The van der Waals surface area contributed by atoms with Gasteiger partial charge in [-0.05, 0) is 52.9 Å². The Labute approximate surface area is 169 Å². The number of fused-ring (bicyclic) bond motifs is 1. The van der Waals surface area contributed by atoms with Gasteiger partial charge in [-0.2, -0.15) is 0 Å². The van der Waals surface area contributed by atoms with Crippen molar-refractivity contribution in [3.05, 3.63) is 22.2 Å². The molecule has 150 valence electrons. The molecule has 0 atom stereocenters. The van der Waals surface area contributed by atoms with Gasteiger partial charge >= 0.3 is 0 Å². The van der Waals surface area contributed by atoms with Crippen LogP contribution in [0.15, 0.2) is 21.6 Å². The number of nitrogens with zero attached hydrogens (tertiary/aromatic N) is 2. The normalized spacial score (nSPS) is 17.4. The molecule has 0 spiro atoms. The van der Waals surface area contributed by atoms with Gasteiger partial charge in [0.15, 0.2) is 17.5 Å². The van der Waals surface area contributed by atoms with E-state index in [0.29, 0.717) is 12.6 Å². The predicted octanol–water partition coefficient (Wildman–Crippen LogP) is 2.77. The fourth-order valence-corrected chi connectivity index (χ4v) is 3.93. The van der Waals surface area contributed by atoms with Gasteiger partial charge in [0.1, 0.15) is 0 Å². The van der Waals surface area contributed by atoms with Crippen LogP contribution in [-0.2, 0) is 16.0 Å². The van der Waals surface area contributed by atoms with E-state index in [9.17, 15) is 0 Å². The van der Waals surface area contributed by atoms with E-state index in [2.05, 4.69) is 31.1 Å². The topological polar surface area (TPSA) is 64.6 Å². The maximum absolute atomic E-state index is 5.93. The van der Waals surface area contributed by atoms with Crippen LogP contribution in [-0.4, -0.2) is 64.2 Å². The highest BCUT2D eigenvalue weighted by Gasteiger charge is 2.22. The fourth-order valence-electron chi connectivity index (χ4n) is 3.32. The van der Waals surface area contributed by atoms with Crippen LogP contribution in [0.25, 0.3) is 0 Å². The molecule has 0 unspecified atom stereocenters. The Morgan fingerprint density at radius 1 is 1.30 bits per heavy atom. The molecule has 0 saturated carbocycles. The number of aliphatic imine (C=N–C) groups is 1. The van der Waals surface area contributed by atoms with Gasteiger partial charge in [0.2, 0.25) is 6.79 Å². The Balaban J connectivity index is 1.46. The van der Waals surface area contributed by atoms with E-state index >= 15 is 0 Å². The molecule has 1 aromatic rings. The van der Waals surface area contributed by atoms with Crippen molar-refractivity contribution < 1.29 is 18.9 Å². The summed E-state index contributed by atoms with van der Waals surface area (Å²) in [7, 11) is 3.55. The number of hydrogen-bond donors (Lipinski definition) is 1. The molecule has 0 radical (unpaired) electrons. The quantitative estimate of drug-likeness (QED) is 0.398. The van der Waals surface area contributed by atoms with Crippen LogP contribution in [0.4, 0.5) is 0 Å². The SMILES string of the molecule is CN=C(NCc1cc(Br)c2c(c1)OCO2)N1CCC(OCCCOC)CC1. The number of likely N-dealkylation sites (tertiary alicyclic amines) is 1. The highest BCUT2D eigenvalue weighted by atomic mass is 79.9. The molecule has 2 aliphatic heterocycles. The number of halogens is 1. The summed E-state index contributed by atoms with van der Waals surface area (Å²) in [4.78, 5) is 6.73. The predicted molar refractivity (Wildman–Crippen MR) is 108 cm³/mol. The van der Waals surface area contributed by atoms with Crippen molar-refractivity contribution >= 4 is 21.9 Å². The van der Waals surface area contributed by atoms with Gasteiger partial charge in [-0.25, -0.2) is 0 Å². The van der Waals surface area contributed by atoms with E-state index in [0.717, 1.165) is 73.1 Å². The molecule has 1 saturated heterocycles. The highest BCUT2D eigenvalue weighted by Crippen LogP contribution is 2.39. The summed E-state index contributed by atoms with van der Waals surface area (Å²) in [6.45, 7) is 4.36. The van der Waals surface area contributed by atoms with Gasteiger partial charge in [-0.15, -0.1) is 0 Å². The van der Waals surface area contributed by atoms with Gasteiger partial charge in [0, 0.05) is 47.0 Å². The van der Waals surface area contributed by atoms with Gasteiger partial charge in [-0.1, -0.05) is 0 Å². The number of methoxy groups -OCH3 is 1. The van der Waals surface area contributed by atoms with Crippen LogP contribution in [0, 0.1) is 0 Å². The van der Waals surface area contributed by atoms with Crippen molar-refractivity contribution in [2.75, 3.05) is 47.3 Å². The van der Waals surface area contributed by atoms with Crippen LogP contribution >= 0.6 is 15.9 Å². The second-order valence-corrected chi connectivity index (χ2v) is 7.47. The minimum Gasteiger partial charge on any atom is -0.454 e. The lowest BCUT2D eigenvalue weighted by Gasteiger charge is -2.34. The number of guanidine groups is 1. The number of ether oxygens (including phenoxy) is 4. The molecule has 1 fully saturated rings. The Bertz CT molecular complexity index is 648. The summed E-state index contributed by atoms with van der Waals surface area (Å²) in [6, 6.07) is 4.06. The summed E-state index contributed by atoms with van der Waals surface area (Å²) >= 11 is 3.54. The Morgan fingerprint density at radius 3 is 2.85 bits per heavy atom. The first-order chi connectivity index (χ1) is 13.2. The van der Waals surface area contributed by atoms with Crippen molar-refractivity contribution in [1.29, 1.82) is 0 Å². The van der Waals surface area contributed by atoms with Crippen molar-refractivity contribution in [1.82, 2.24) is 10.2 Å². The zero-order chi connectivity index (χ0) is 19.1. The molecule has 1 N–H and O–H groups in total. The maximum atomic E-state index is 5.93. The zero-order valence-electron chi connectivity index (χ0n) is 16.0. The molecule has 7 nitrogen and oxygen atoms in total. The molecule has 2 aliphatic rings. The molecule has 0 bridgehead atoms. The number of piperidine rings is 1. The van der Waals surface area contributed by atoms with E-state index in [1.165, 1.54) is 0 Å². The third-order valence-electron chi connectivity index (χ3n) is 4.74. The molecule has 8 heteroatoms. The van der Waals surface area contributed by atoms with Crippen molar-refractivity contribution in [2.24, 2.45) is 4.99 Å². The average molecular weight is 442 g/mol. The lowest BCUT2D eigenvalue weighted by atomic mass is 10.1. The van der Waals surface area contributed by atoms with E-state index in [-0.39, 0.29) is 6.79 Å². The lowest BCUT2D eigenvalue weighted by Crippen LogP contribution is -2.46. The molecule has 1 aromatic carbocycles. The third kappa shape index (κ3) is 5.49. The van der Waals surface area contributed by atoms with Gasteiger partial charge in [0.25, 0.3) is 0 Å². The summed E-state index contributed by atoms with van der Waals surface area (Å²) in [5.41, 5.74) is 1.11. The molecule has 0 aliphatic carbocycles. The first-order valence-electron chi connectivity index (χ1n) is 9.35. The molecule has 27 heavy (non-hydrogen) atoms. The number of nitrogens with one attached hydrogen (secondary N) is 1. The summed E-state index contributed by atoms with van der Waals surface area (Å²) in [6.07, 6.45) is 3.32. The Kier molecular flexibility index (Phi) is 7.60. The minimum atomic E-state index is 0.273. The van der Waals surface area contributed by atoms with Crippen LogP contribution in [0.2, 0.25) is 0 Å². The van der Waals surface area contributed by atoms with Crippen LogP contribution in [0.1, 0.15) is 24.8 Å². The maximum Gasteiger partial charge on any atom is 0.231 e. The minimum absolute atomic E-state index is 0.273. The van der Waals surface area contributed by atoms with Crippen LogP contribution in [0.3, 0.4) is 0 Å². The van der Waals surface area contributed by atoms with Crippen molar-refractivity contribution in [3.63, 3.8) is 0 Å². The molecule has 0 aromatic heterocycles. The second-order valence-electron chi connectivity index (χ2n) is 6.62. The fraction of sp³-hybridized carbons (Fsp3) is 0.632. The number of benzene rings is 1. The smallest absolute Gasteiger partial charge is 0.231 e. The number of rotatable bonds is 7. The van der Waals surface area contributed by atoms with Gasteiger partial charge in [0.05, 0.1) is 10.6 Å². The first kappa shape index (κ1) is 20.2. The molecule has 0 amide bonds. The lowest BCUT2D eigenvalue weighted by molar-refractivity contribution is 0.00989. The standard InChI is InChI=1S/C19H28BrN3O4/c1-21-19(23-6-4-15(5-7-23)25-9-3-8-24-2)22-12-14-10-16(20)18-17(11-14)26-13-27-18/h10-11,15H,3-9,12-13H2,1-2H3,(H,21,22). The summed E-state index contributed by atoms with van der Waals surface area (Å²) < 4.78 is 22.8. The highest BCUT2D eigenvalue weighted by molar-refractivity contribution is 9.10. The van der Waals surface area contributed by atoms with E-state index < -0.39 is 0 Å².